The Bertz CT molecular complexity index is 565. The van der Waals surface area contributed by atoms with Crippen molar-refractivity contribution in [2.45, 2.75) is 13.3 Å². The van der Waals surface area contributed by atoms with E-state index in [0.717, 1.165) is 12.1 Å². The van der Waals surface area contributed by atoms with Crippen LogP contribution in [0.1, 0.15) is 18.9 Å². The van der Waals surface area contributed by atoms with Crippen molar-refractivity contribution >= 4 is 12.0 Å². The minimum atomic E-state index is -1.09. The quantitative estimate of drug-likeness (QED) is 0.477. The SMILES string of the molecule is CCOCCCNC(=O)/C(C#N)=C\c1cccc(F)c1F. The van der Waals surface area contributed by atoms with Crippen LogP contribution in [-0.2, 0) is 9.53 Å². The van der Waals surface area contributed by atoms with Gasteiger partial charge >= 0.3 is 0 Å². The number of benzene rings is 1. The lowest BCUT2D eigenvalue weighted by Crippen LogP contribution is -2.26. The summed E-state index contributed by atoms with van der Waals surface area (Å²) in [5.74, 6) is -2.75. The molecule has 0 aromatic heterocycles. The van der Waals surface area contributed by atoms with Gasteiger partial charge in [0.25, 0.3) is 5.91 Å². The van der Waals surface area contributed by atoms with Crippen LogP contribution in [0.3, 0.4) is 0 Å². The molecule has 0 heterocycles. The van der Waals surface area contributed by atoms with Gasteiger partial charge in [-0.2, -0.15) is 5.26 Å². The fraction of sp³-hybridized carbons (Fsp3) is 0.333. The molecule has 1 amide bonds. The lowest BCUT2D eigenvalue weighted by molar-refractivity contribution is -0.117. The van der Waals surface area contributed by atoms with E-state index in [0.29, 0.717) is 26.2 Å². The number of rotatable bonds is 7. The molecule has 0 saturated heterocycles. The Balaban J connectivity index is 2.69. The van der Waals surface area contributed by atoms with Crippen LogP contribution in [0, 0.1) is 23.0 Å². The molecule has 0 bridgehead atoms. The molecule has 21 heavy (non-hydrogen) atoms. The van der Waals surface area contributed by atoms with Gasteiger partial charge in [-0.1, -0.05) is 12.1 Å². The van der Waals surface area contributed by atoms with E-state index < -0.39 is 17.5 Å². The van der Waals surface area contributed by atoms with E-state index in [4.69, 9.17) is 10.00 Å². The van der Waals surface area contributed by atoms with Crippen LogP contribution in [0.2, 0.25) is 0 Å². The third-order valence-electron chi connectivity index (χ3n) is 2.60. The first-order valence-electron chi connectivity index (χ1n) is 6.52. The van der Waals surface area contributed by atoms with E-state index in [1.165, 1.54) is 12.1 Å². The highest BCUT2D eigenvalue weighted by molar-refractivity contribution is 6.01. The first-order chi connectivity index (χ1) is 10.1. The number of carbonyl (C=O) groups is 1. The lowest BCUT2D eigenvalue weighted by atomic mass is 10.1. The zero-order valence-corrected chi connectivity index (χ0v) is 11.7. The number of halogens is 2. The smallest absolute Gasteiger partial charge is 0.261 e. The van der Waals surface area contributed by atoms with Crippen LogP contribution in [0.5, 0.6) is 0 Å². The molecule has 1 rings (SSSR count). The van der Waals surface area contributed by atoms with Crippen molar-refractivity contribution in [1.82, 2.24) is 5.32 Å². The van der Waals surface area contributed by atoms with Gasteiger partial charge in [0.05, 0.1) is 0 Å². The van der Waals surface area contributed by atoms with Gasteiger partial charge in [-0.25, -0.2) is 8.78 Å². The summed E-state index contributed by atoms with van der Waals surface area (Å²) in [7, 11) is 0. The molecule has 0 aliphatic rings. The molecule has 0 unspecified atom stereocenters. The lowest BCUT2D eigenvalue weighted by Gasteiger charge is -2.05. The largest absolute Gasteiger partial charge is 0.382 e. The molecular weight excluding hydrogens is 278 g/mol. The summed E-state index contributed by atoms with van der Waals surface area (Å²) in [5, 5.41) is 11.5. The molecule has 1 N–H and O–H groups in total. The summed E-state index contributed by atoms with van der Waals surface area (Å²) in [5.41, 5.74) is -0.424. The molecule has 0 fully saturated rings. The van der Waals surface area contributed by atoms with Crippen molar-refractivity contribution in [3.8, 4) is 6.07 Å². The van der Waals surface area contributed by atoms with Crippen molar-refractivity contribution in [3.05, 3.63) is 41.0 Å². The van der Waals surface area contributed by atoms with Gasteiger partial charge in [-0.3, -0.25) is 4.79 Å². The van der Waals surface area contributed by atoms with E-state index in [9.17, 15) is 13.6 Å². The number of carbonyl (C=O) groups excluding carboxylic acids is 1. The minimum Gasteiger partial charge on any atom is -0.382 e. The monoisotopic (exact) mass is 294 g/mol. The zero-order chi connectivity index (χ0) is 15.7. The Kier molecular flexibility index (Phi) is 7.05. The van der Waals surface area contributed by atoms with Crippen molar-refractivity contribution in [2.75, 3.05) is 19.8 Å². The minimum absolute atomic E-state index is 0.143. The van der Waals surface area contributed by atoms with Crippen LogP contribution in [0.15, 0.2) is 23.8 Å². The van der Waals surface area contributed by atoms with Crippen LogP contribution in [0.4, 0.5) is 8.78 Å². The maximum Gasteiger partial charge on any atom is 0.261 e. The first-order valence-corrected chi connectivity index (χ1v) is 6.52. The van der Waals surface area contributed by atoms with E-state index >= 15 is 0 Å². The number of nitrogens with one attached hydrogen (secondary N) is 1. The molecule has 0 radical (unpaired) electrons. The average molecular weight is 294 g/mol. The average Bonchev–Trinajstić information content (AvgIpc) is 2.48. The Hall–Kier alpha value is -2.26. The molecule has 0 atom stereocenters. The maximum absolute atomic E-state index is 13.5. The molecule has 6 heteroatoms. The van der Waals surface area contributed by atoms with E-state index in [1.807, 2.05) is 6.92 Å². The van der Waals surface area contributed by atoms with Crippen molar-refractivity contribution in [2.24, 2.45) is 0 Å². The maximum atomic E-state index is 13.5. The van der Waals surface area contributed by atoms with E-state index in [-0.39, 0.29) is 11.1 Å². The van der Waals surface area contributed by atoms with Gasteiger partial charge in [0.2, 0.25) is 0 Å². The second kappa shape index (κ2) is 8.82. The highest BCUT2D eigenvalue weighted by atomic mass is 19.2. The standard InChI is InChI=1S/C15H16F2N2O2/c1-2-21-8-4-7-19-15(20)12(10-18)9-11-5-3-6-13(16)14(11)17/h3,5-6,9H,2,4,7-8H2,1H3,(H,19,20)/b12-9-. The Morgan fingerprint density at radius 1 is 1.48 bits per heavy atom. The van der Waals surface area contributed by atoms with Crippen molar-refractivity contribution in [3.63, 3.8) is 0 Å². The number of nitriles is 1. The third kappa shape index (κ3) is 5.32. The topological polar surface area (TPSA) is 62.1 Å². The van der Waals surface area contributed by atoms with Crippen LogP contribution in [-0.4, -0.2) is 25.7 Å². The predicted molar refractivity (Wildman–Crippen MR) is 74.1 cm³/mol. The Morgan fingerprint density at radius 2 is 2.24 bits per heavy atom. The summed E-state index contributed by atoms with van der Waals surface area (Å²) in [6, 6.07) is 5.24. The number of amides is 1. The summed E-state index contributed by atoms with van der Waals surface area (Å²) in [6.07, 6.45) is 1.63. The van der Waals surface area contributed by atoms with Crippen LogP contribution >= 0.6 is 0 Å². The predicted octanol–water partition coefficient (Wildman–Crippen LogP) is 2.41. The van der Waals surface area contributed by atoms with Gasteiger partial charge in [0.1, 0.15) is 11.6 Å². The fourth-order valence-electron chi connectivity index (χ4n) is 1.55. The molecule has 112 valence electrons. The summed E-state index contributed by atoms with van der Waals surface area (Å²) in [6.45, 7) is 3.29. The molecule has 1 aromatic carbocycles. The summed E-state index contributed by atoms with van der Waals surface area (Å²) in [4.78, 5) is 11.7. The molecular formula is C15H16F2N2O2. The number of nitrogens with zero attached hydrogens (tertiary/aromatic N) is 1. The number of hydrogen-bond donors (Lipinski definition) is 1. The molecule has 0 aliphatic carbocycles. The van der Waals surface area contributed by atoms with Gasteiger partial charge in [0, 0.05) is 25.3 Å². The van der Waals surface area contributed by atoms with Crippen LogP contribution in [0.25, 0.3) is 6.08 Å². The highest BCUT2D eigenvalue weighted by Crippen LogP contribution is 2.14. The first kappa shape index (κ1) is 16.8. The third-order valence-corrected chi connectivity index (χ3v) is 2.60. The number of ether oxygens (including phenoxy) is 1. The second-order valence-electron chi connectivity index (χ2n) is 4.12. The molecule has 0 spiro atoms. The van der Waals surface area contributed by atoms with Gasteiger partial charge in [0.15, 0.2) is 11.6 Å². The second-order valence-corrected chi connectivity index (χ2v) is 4.12. The normalized spacial score (nSPS) is 11.0. The van der Waals surface area contributed by atoms with Crippen molar-refractivity contribution < 1.29 is 18.3 Å². The Morgan fingerprint density at radius 3 is 2.90 bits per heavy atom. The Labute approximate surface area is 122 Å². The molecule has 4 nitrogen and oxygen atoms in total. The van der Waals surface area contributed by atoms with Gasteiger partial charge < -0.3 is 10.1 Å². The molecule has 1 aromatic rings. The van der Waals surface area contributed by atoms with Crippen molar-refractivity contribution in [1.29, 1.82) is 5.26 Å². The zero-order valence-electron chi connectivity index (χ0n) is 11.7. The summed E-state index contributed by atoms with van der Waals surface area (Å²) >= 11 is 0. The van der Waals surface area contributed by atoms with Gasteiger partial charge in [-0.15, -0.1) is 0 Å². The van der Waals surface area contributed by atoms with Gasteiger partial charge in [-0.05, 0) is 25.5 Å². The van der Waals surface area contributed by atoms with E-state index in [1.54, 1.807) is 6.07 Å². The molecule has 0 aliphatic heterocycles. The molecule has 0 saturated carbocycles. The van der Waals surface area contributed by atoms with E-state index in [2.05, 4.69) is 5.32 Å². The van der Waals surface area contributed by atoms with Crippen LogP contribution < -0.4 is 5.32 Å². The summed E-state index contributed by atoms with van der Waals surface area (Å²) < 4.78 is 31.6. The number of hydrogen-bond acceptors (Lipinski definition) is 3. The highest BCUT2D eigenvalue weighted by Gasteiger charge is 2.11. The fourth-order valence-corrected chi connectivity index (χ4v) is 1.55.